The Balaban J connectivity index is 2.14. The molecule has 1 aromatic heterocycles. The van der Waals surface area contributed by atoms with Crippen LogP contribution in [0.4, 0.5) is 5.82 Å². The molecule has 0 aliphatic carbocycles. The zero-order chi connectivity index (χ0) is 15.2. The second-order valence-corrected chi connectivity index (χ2v) is 5.71. The normalized spacial score (nSPS) is 11.1. The van der Waals surface area contributed by atoms with E-state index in [0.717, 1.165) is 42.0 Å². The first-order chi connectivity index (χ1) is 10.1. The Bertz CT molecular complexity index is 583. The van der Waals surface area contributed by atoms with E-state index in [2.05, 4.69) is 42.2 Å². The summed E-state index contributed by atoms with van der Waals surface area (Å²) in [6.07, 6.45) is 1.85. The molecule has 0 amide bonds. The molecule has 0 unspecified atom stereocenters. The summed E-state index contributed by atoms with van der Waals surface area (Å²) in [7, 11) is 3.78. The van der Waals surface area contributed by atoms with Gasteiger partial charge in [-0.05, 0) is 24.6 Å². The molecule has 0 fully saturated rings. The Morgan fingerprint density at radius 2 is 2.05 bits per heavy atom. The van der Waals surface area contributed by atoms with Gasteiger partial charge in [-0.25, -0.2) is 4.98 Å². The molecule has 4 nitrogen and oxygen atoms in total. The smallest absolute Gasteiger partial charge is 0.136 e. The third-order valence-electron chi connectivity index (χ3n) is 3.50. The SMILES string of the molecule is COc1cccc2c(N(C)CCNCC(C)C)nccc12. The van der Waals surface area contributed by atoms with Crippen LogP contribution in [0.15, 0.2) is 30.5 Å². The minimum atomic E-state index is 0.676. The first kappa shape index (κ1) is 15.6. The number of pyridine rings is 1. The Morgan fingerprint density at radius 1 is 1.24 bits per heavy atom. The number of methoxy groups -OCH3 is 1. The average Bonchev–Trinajstić information content (AvgIpc) is 2.49. The maximum Gasteiger partial charge on any atom is 0.136 e. The lowest BCUT2D eigenvalue weighted by atomic mass is 10.1. The van der Waals surface area contributed by atoms with E-state index in [1.807, 2.05) is 24.4 Å². The predicted molar refractivity (Wildman–Crippen MR) is 89.3 cm³/mol. The van der Waals surface area contributed by atoms with Gasteiger partial charge in [-0.15, -0.1) is 0 Å². The number of ether oxygens (including phenoxy) is 1. The molecule has 4 heteroatoms. The molecule has 0 radical (unpaired) electrons. The third kappa shape index (κ3) is 3.85. The van der Waals surface area contributed by atoms with Crippen LogP contribution in [0.5, 0.6) is 5.75 Å². The van der Waals surface area contributed by atoms with Gasteiger partial charge in [-0.3, -0.25) is 0 Å². The molecule has 0 spiro atoms. The lowest BCUT2D eigenvalue weighted by Crippen LogP contribution is -2.31. The van der Waals surface area contributed by atoms with Crippen LogP contribution < -0.4 is 15.0 Å². The van der Waals surface area contributed by atoms with E-state index < -0.39 is 0 Å². The van der Waals surface area contributed by atoms with Gasteiger partial charge in [-0.2, -0.15) is 0 Å². The zero-order valence-electron chi connectivity index (χ0n) is 13.4. The van der Waals surface area contributed by atoms with E-state index in [9.17, 15) is 0 Å². The highest BCUT2D eigenvalue weighted by Gasteiger charge is 2.09. The Hall–Kier alpha value is -1.81. The number of nitrogens with zero attached hydrogens (tertiary/aromatic N) is 2. The molecule has 1 aromatic carbocycles. The summed E-state index contributed by atoms with van der Waals surface area (Å²) in [5.41, 5.74) is 0. The second kappa shape index (κ2) is 7.27. The van der Waals surface area contributed by atoms with Crippen molar-refractivity contribution in [2.45, 2.75) is 13.8 Å². The fraction of sp³-hybridized carbons (Fsp3) is 0.471. The molecule has 114 valence electrons. The lowest BCUT2D eigenvalue weighted by Gasteiger charge is -2.21. The van der Waals surface area contributed by atoms with E-state index in [1.54, 1.807) is 7.11 Å². The van der Waals surface area contributed by atoms with Crippen molar-refractivity contribution in [3.05, 3.63) is 30.5 Å². The minimum Gasteiger partial charge on any atom is -0.496 e. The summed E-state index contributed by atoms with van der Waals surface area (Å²) in [6.45, 7) is 7.36. The van der Waals surface area contributed by atoms with E-state index in [1.165, 1.54) is 0 Å². The summed E-state index contributed by atoms with van der Waals surface area (Å²) in [4.78, 5) is 6.73. The molecule has 0 bridgehead atoms. The van der Waals surface area contributed by atoms with Gasteiger partial charge in [0.15, 0.2) is 0 Å². The number of hydrogen-bond donors (Lipinski definition) is 1. The van der Waals surface area contributed by atoms with E-state index >= 15 is 0 Å². The molecule has 2 rings (SSSR count). The van der Waals surface area contributed by atoms with Crippen LogP contribution in [0.3, 0.4) is 0 Å². The highest BCUT2D eigenvalue weighted by Crippen LogP contribution is 2.30. The van der Waals surface area contributed by atoms with Crippen LogP contribution in [-0.2, 0) is 0 Å². The van der Waals surface area contributed by atoms with Crippen LogP contribution in [0.25, 0.3) is 10.8 Å². The zero-order valence-corrected chi connectivity index (χ0v) is 13.4. The van der Waals surface area contributed by atoms with E-state index in [4.69, 9.17) is 4.74 Å². The van der Waals surface area contributed by atoms with Gasteiger partial charge >= 0.3 is 0 Å². The maximum atomic E-state index is 5.43. The van der Waals surface area contributed by atoms with Gasteiger partial charge in [0.2, 0.25) is 0 Å². The molecule has 0 saturated heterocycles. The monoisotopic (exact) mass is 287 g/mol. The highest BCUT2D eigenvalue weighted by molar-refractivity contribution is 5.96. The van der Waals surface area contributed by atoms with Gasteiger partial charge in [0.05, 0.1) is 7.11 Å². The quantitative estimate of drug-likeness (QED) is 0.795. The van der Waals surface area contributed by atoms with Crippen LogP contribution in [0, 0.1) is 5.92 Å². The first-order valence-electron chi connectivity index (χ1n) is 7.47. The van der Waals surface area contributed by atoms with Crippen LogP contribution >= 0.6 is 0 Å². The number of aromatic nitrogens is 1. The van der Waals surface area contributed by atoms with Crippen molar-refractivity contribution in [1.29, 1.82) is 0 Å². The number of fused-ring (bicyclic) bond motifs is 1. The summed E-state index contributed by atoms with van der Waals surface area (Å²) in [5, 5.41) is 5.69. The topological polar surface area (TPSA) is 37.4 Å². The Morgan fingerprint density at radius 3 is 2.76 bits per heavy atom. The summed E-state index contributed by atoms with van der Waals surface area (Å²) in [6, 6.07) is 8.09. The number of benzene rings is 1. The van der Waals surface area contributed by atoms with Crippen molar-refractivity contribution in [3.63, 3.8) is 0 Å². The average molecular weight is 287 g/mol. The minimum absolute atomic E-state index is 0.676. The summed E-state index contributed by atoms with van der Waals surface area (Å²) >= 11 is 0. The van der Waals surface area contributed by atoms with E-state index in [0.29, 0.717) is 5.92 Å². The van der Waals surface area contributed by atoms with Gasteiger partial charge in [0.1, 0.15) is 11.6 Å². The van der Waals surface area contributed by atoms with Crippen molar-refractivity contribution < 1.29 is 4.74 Å². The predicted octanol–water partition coefficient (Wildman–Crippen LogP) is 2.93. The molecule has 21 heavy (non-hydrogen) atoms. The van der Waals surface area contributed by atoms with Crippen molar-refractivity contribution in [3.8, 4) is 5.75 Å². The molecular weight excluding hydrogens is 262 g/mol. The van der Waals surface area contributed by atoms with Gasteiger partial charge in [0, 0.05) is 37.1 Å². The Labute approximate surface area is 127 Å². The summed E-state index contributed by atoms with van der Waals surface area (Å²) < 4.78 is 5.43. The molecule has 0 aliphatic heterocycles. The Kier molecular flexibility index (Phi) is 5.39. The van der Waals surface area contributed by atoms with E-state index in [-0.39, 0.29) is 0 Å². The van der Waals surface area contributed by atoms with Crippen LogP contribution in [0.1, 0.15) is 13.8 Å². The molecule has 0 atom stereocenters. The molecule has 1 heterocycles. The van der Waals surface area contributed by atoms with Crippen molar-refractivity contribution in [1.82, 2.24) is 10.3 Å². The second-order valence-electron chi connectivity index (χ2n) is 5.71. The van der Waals surface area contributed by atoms with Crippen LogP contribution in [-0.4, -0.2) is 38.8 Å². The number of nitrogens with one attached hydrogen (secondary N) is 1. The summed E-state index contributed by atoms with van der Waals surface area (Å²) in [5.74, 6) is 2.57. The molecular formula is C17H25N3O. The standard InChI is InChI=1S/C17H25N3O/c1-13(2)12-18-10-11-20(3)17-15-6-5-7-16(21-4)14(15)8-9-19-17/h5-9,13,18H,10-12H2,1-4H3. The first-order valence-corrected chi connectivity index (χ1v) is 7.47. The maximum absolute atomic E-state index is 5.43. The fourth-order valence-electron chi connectivity index (χ4n) is 2.39. The van der Waals surface area contributed by atoms with Crippen molar-refractivity contribution >= 4 is 16.6 Å². The largest absolute Gasteiger partial charge is 0.496 e. The molecule has 0 saturated carbocycles. The van der Waals surface area contributed by atoms with Gasteiger partial charge in [0.25, 0.3) is 0 Å². The third-order valence-corrected chi connectivity index (χ3v) is 3.50. The number of likely N-dealkylation sites (N-methyl/N-ethyl adjacent to an activating group) is 1. The van der Waals surface area contributed by atoms with Crippen LogP contribution in [0.2, 0.25) is 0 Å². The number of rotatable bonds is 7. The molecule has 0 aliphatic rings. The molecule has 1 N–H and O–H groups in total. The highest BCUT2D eigenvalue weighted by atomic mass is 16.5. The van der Waals surface area contributed by atoms with Gasteiger partial charge in [-0.1, -0.05) is 26.0 Å². The number of anilines is 1. The number of hydrogen-bond acceptors (Lipinski definition) is 4. The van der Waals surface area contributed by atoms with Crippen molar-refractivity contribution in [2.24, 2.45) is 5.92 Å². The fourth-order valence-corrected chi connectivity index (χ4v) is 2.39. The van der Waals surface area contributed by atoms with Crippen molar-refractivity contribution in [2.75, 3.05) is 38.7 Å². The van der Waals surface area contributed by atoms with Gasteiger partial charge < -0.3 is 15.0 Å². The molecule has 2 aromatic rings. The lowest BCUT2D eigenvalue weighted by molar-refractivity contribution is 0.420.